The largest absolute Gasteiger partial charge is 0.368 e. The lowest BCUT2D eigenvalue weighted by Crippen LogP contribution is -2.49. The Hall–Kier alpha value is -3.24. The van der Waals surface area contributed by atoms with E-state index in [0.717, 1.165) is 23.1 Å². The van der Waals surface area contributed by atoms with Crippen molar-refractivity contribution < 1.29 is 22.8 Å². The van der Waals surface area contributed by atoms with E-state index in [9.17, 15) is 22.8 Å². The van der Waals surface area contributed by atoms with Crippen LogP contribution in [0.5, 0.6) is 0 Å². The van der Waals surface area contributed by atoms with Crippen molar-refractivity contribution in [1.29, 1.82) is 0 Å². The van der Waals surface area contributed by atoms with E-state index in [4.69, 9.17) is 0 Å². The van der Waals surface area contributed by atoms with Crippen molar-refractivity contribution in [1.82, 2.24) is 14.5 Å². The Morgan fingerprint density at radius 2 is 1.56 bits per heavy atom. The number of nitrogens with one attached hydrogen (secondary N) is 1. The van der Waals surface area contributed by atoms with Crippen molar-refractivity contribution in [3.8, 4) is 0 Å². The highest BCUT2D eigenvalue weighted by Crippen LogP contribution is 2.17. The number of benzene rings is 2. The first-order chi connectivity index (χ1) is 16.2. The van der Waals surface area contributed by atoms with E-state index < -0.39 is 15.9 Å². The number of anilines is 1. The molecule has 0 aliphatic carbocycles. The molecule has 182 valence electrons. The maximum absolute atomic E-state index is 12.7. The lowest BCUT2D eigenvalue weighted by Gasteiger charge is -2.36. The van der Waals surface area contributed by atoms with Gasteiger partial charge in [-0.2, -0.15) is 4.31 Å². The third-order valence-electron chi connectivity index (χ3n) is 5.75. The number of Topliss-reactive ketones (excluding diaryl/α,β-unsaturated/α-hetero) is 1. The van der Waals surface area contributed by atoms with E-state index in [1.54, 1.807) is 4.90 Å². The van der Waals surface area contributed by atoms with Gasteiger partial charge < -0.3 is 15.1 Å². The van der Waals surface area contributed by atoms with Gasteiger partial charge >= 0.3 is 0 Å². The highest BCUT2D eigenvalue weighted by atomic mass is 32.2. The third-order valence-corrected chi connectivity index (χ3v) is 7.57. The van der Waals surface area contributed by atoms with Gasteiger partial charge in [0, 0.05) is 57.4 Å². The van der Waals surface area contributed by atoms with Gasteiger partial charge in [0.25, 0.3) is 0 Å². The van der Waals surface area contributed by atoms with Crippen molar-refractivity contribution >= 4 is 33.3 Å². The maximum atomic E-state index is 12.7. The summed E-state index contributed by atoms with van der Waals surface area (Å²) in [4.78, 5) is 40.1. The van der Waals surface area contributed by atoms with Crippen LogP contribution in [-0.2, 0) is 19.6 Å². The molecule has 10 heteroatoms. The Kier molecular flexibility index (Phi) is 8.41. The fourth-order valence-electron chi connectivity index (χ4n) is 3.70. The molecule has 1 saturated heterocycles. The standard InChI is InChI=1S/C24H30N4O5S/c1-19(29)20-8-10-22(11-9-20)34(32,33)26(2)18-23(30)25-13-12-24(31)28-16-14-27(15-17-28)21-6-4-3-5-7-21/h3-11H,12-18H2,1-2H3,(H,25,30). The van der Waals surface area contributed by atoms with Gasteiger partial charge in [0.05, 0.1) is 11.4 Å². The molecule has 34 heavy (non-hydrogen) atoms. The van der Waals surface area contributed by atoms with Gasteiger partial charge in [-0.05, 0) is 31.2 Å². The number of carbonyl (C=O) groups excluding carboxylic acids is 3. The zero-order valence-corrected chi connectivity index (χ0v) is 20.3. The summed E-state index contributed by atoms with van der Waals surface area (Å²) in [5.41, 5.74) is 1.54. The van der Waals surface area contributed by atoms with E-state index in [-0.39, 0.29) is 36.1 Å². The van der Waals surface area contributed by atoms with Gasteiger partial charge in [-0.3, -0.25) is 14.4 Å². The van der Waals surface area contributed by atoms with E-state index in [1.807, 2.05) is 30.3 Å². The molecule has 2 amide bonds. The molecule has 2 aromatic rings. The van der Waals surface area contributed by atoms with Crippen LogP contribution < -0.4 is 10.2 Å². The molecule has 1 aliphatic heterocycles. The minimum absolute atomic E-state index is 0.00220. The molecule has 1 aliphatic rings. The molecule has 9 nitrogen and oxygen atoms in total. The van der Waals surface area contributed by atoms with Crippen LogP contribution in [0.3, 0.4) is 0 Å². The first-order valence-corrected chi connectivity index (χ1v) is 12.5. The molecule has 0 unspecified atom stereocenters. The molecule has 0 spiro atoms. The Morgan fingerprint density at radius 1 is 0.941 bits per heavy atom. The topological polar surface area (TPSA) is 107 Å². The number of likely N-dealkylation sites (N-methyl/N-ethyl adjacent to an activating group) is 1. The van der Waals surface area contributed by atoms with Crippen LogP contribution >= 0.6 is 0 Å². The molecule has 3 rings (SSSR count). The molecular formula is C24H30N4O5S. The van der Waals surface area contributed by atoms with Gasteiger partial charge in [-0.1, -0.05) is 30.3 Å². The lowest BCUT2D eigenvalue weighted by molar-refractivity contribution is -0.131. The van der Waals surface area contributed by atoms with Crippen LogP contribution in [0, 0.1) is 0 Å². The van der Waals surface area contributed by atoms with Crippen molar-refractivity contribution in [2.24, 2.45) is 0 Å². The zero-order valence-electron chi connectivity index (χ0n) is 19.4. The predicted octanol–water partition coefficient (Wildman–Crippen LogP) is 1.36. The average molecular weight is 487 g/mol. The van der Waals surface area contributed by atoms with Crippen molar-refractivity contribution in [2.75, 3.05) is 51.2 Å². The summed E-state index contributed by atoms with van der Waals surface area (Å²) in [7, 11) is -2.57. The summed E-state index contributed by atoms with van der Waals surface area (Å²) in [6.45, 7) is 3.89. The Morgan fingerprint density at radius 3 is 2.15 bits per heavy atom. The van der Waals surface area contributed by atoms with Crippen LogP contribution in [0.15, 0.2) is 59.5 Å². The number of carbonyl (C=O) groups is 3. The summed E-state index contributed by atoms with van der Waals surface area (Å²) in [6.07, 6.45) is 0.153. The number of nitrogens with zero attached hydrogens (tertiary/aromatic N) is 3. The van der Waals surface area contributed by atoms with Gasteiger partial charge in [-0.25, -0.2) is 8.42 Å². The fraction of sp³-hybridized carbons (Fsp3) is 0.375. The summed E-state index contributed by atoms with van der Waals surface area (Å²) in [5.74, 6) is -0.697. The number of sulfonamides is 1. The van der Waals surface area contributed by atoms with Crippen LogP contribution in [0.4, 0.5) is 5.69 Å². The van der Waals surface area contributed by atoms with Crippen LogP contribution in [-0.4, -0.2) is 81.5 Å². The first kappa shape index (κ1) is 25.4. The van der Waals surface area contributed by atoms with E-state index in [1.165, 1.54) is 38.2 Å². The molecule has 0 saturated carbocycles. The van der Waals surface area contributed by atoms with Gasteiger partial charge in [0.1, 0.15) is 0 Å². The molecule has 1 N–H and O–H groups in total. The van der Waals surface area contributed by atoms with Gasteiger partial charge in [-0.15, -0.1) is 0 Å². The van der Waals surface area contributed by atoms with Gasteiger partial charge in [0.15, 0.2) is 5.78 Å². The summed E-state index contributed by atoms with van der Waals surface area (Å²) < 4.78 is 26.3. The van der Waals surface area contributed by atoms with Crippen molar-refractivity contribution in [3.05, 3.63) is 60.2 Å². The first-order valence-electron chi connectivity index (χ1n) is 11.1. The molecule has 0 bridgehead atoms. The lowest BCUT2D eigenvalue weighted by atomic mass is 10.2. The second-order valence-corrected chi connectivity index (χ2v) is 10.2. The minimum Gasteiger partial charge on any atom is -0.368 e. The number of ketones is 1. The number of piperazine rings is 1. The normalized spacial score (nSPS) is 14.2. The fourth-order valence-corrected chi connectivity index (χ4v) is 4.83. The highest BCUT2D eigenvalue weighted by molar-refractivity contribution is 7.89. The molecule has 0 radical (unpaired) electrons. The smallest absolute Gasteiger partial charge is 0.243 e. The van der Waals surface area contributed by atoms with Gasteiger partial charge in [0.2, 0.25) is 21.8 Å². The number of para-hydroxylation sites is 1. The van der Waals surface area contributed by atoms with Crippen LogP contribution in [0.25, 0.3) is 0 Å². The van der Waals surface area contributed by atoms with E-state index in [2.05, 4.69) is 10.2 Å². The SMILES string of the molecule is CC(=O)c1ccc(S(=O)(=O)N(C)CC(=O)NCCC(=O)N2CCN(c3ccccc3)CC2)cc1. The Balaban J connectivity index is 1.41. The van der Waals surface area contributed by atoms with Crippen molar-refractivity contribution in [2.45, 2.75) is 18.2 Å². The maximum Gasteiger partial charge on any atom is 0.243 e. The zero-order chi connectivity index (χ0) is 24.7. The average Bonchev–Trinajstić information content (AvgIpc) is 2.84. The Labute approximate surface area is 200 Å². The second-order valence-electron chi connectivity index (χ2n) is 8.14. The van der Waals surface area contributed by atoms with E-state index in [0.29, 0.717) is 18.7 Å². The predicted molar refractivity (Wildman–Crippen MR) is 129 cm³/mol. The molecule has 1 heterocycles. The summed E-state index contributed by atoms with van der Waals surface area (Å²) >= 11 is 0. The second kappa shape index (κ2) is 11.3. The van der Waals surface area contributed by atoms with E-state index >= 15 is 0 Å². The summed E-state index contributed by atoms with van der Waals surface area (Å²) in [5, 5.41) is 2.62. The molecular weight excluding hydrogens is 456 g/mol. The quantitative estimate of drug-likeness (QED) is 0.537. The Bertz CT molecular complexity index is 1110. The molecule has 0 atom stereocenters. The minimum atomic E-state index is -3.88. The molecule has 2 aromatic carbocycles. The van der Waals surface area contributed by atoms with Crippen LogP contribution in [0.1, 0.15) is 23.7 Å². The molecule has 0 aromatic heterocycles. The number of hydrogen-bond acceptors (Lipinski definition) is 6. The monoisotopic (exact) mass is 486 g/mol. The summed E-state index contributed by atoms with van der Waals surface area (Å²) in [6, 6.07) is 15.6. The molecule has 1 fully saturated rings. The number of rotatable bonds is 9. The number of hydrogen-bond donors (Lipinski definition) is 1. The van der Waals surface area contributed by atoms with Crippen LogP contribution in [0.2, 0.25) is 0 Å². The highest BCUT2D eigenvalue weighted by Gasteiger charge is 2.24. The third kappa shape index (κ3) is 6.42. The number of amides is 2. The van der Waals surface area contributed by atoms with Crippen molar-refractivity contribution in [3.63, 3.8) is 0 Å².